The molecule has 2 aromatic rings. The lowest BCUT2D eigenvalue weighted by molar-refractivity contribution is -0.136. The second-order valence-electron chi connectivity index (χ2n) is 7.54. The number of aryl methyl sites for hydroxylation is 1. The molecule has 8 heteroatoms. The van der Waals surface area contributed by atoms with E-state index in [9.17, 15) is 4.79 Å². The SMILES string of the molecule is Cc1nc(SCCN2CC(C)(Cc3ccc4c(c3)OCO4)CCC2=O)n[nH]1. The molecule has 3 heterocycles. The number of benzene rings is 1. The second kappa shape index (κ2) is 7.42. The number of piperidine rings is 1. The van der Waals surface area contributed by atoms with E-state index in [4.69, 9.17) is 9.47 Å². The molecule has 1 saturated heterocycles. The number of carbonyl (C=O) groups excluding carboxylic acids is 1. The van der Waals surface area contributed by atoms with Crippen molar-refractivity contribution in [2.24, 2.45) is 5.41 Å². The standard InChI is InChI=1S/C19H24N4O3S/c1-13-20-18(22-21-13)27-8-7-23-11-19(2,6-5-17(23)24)10-14-3-4-15-16(9-14)26-12-25-15/h3-4,9H,5-8,10-12H2,1-2H3,(H,20,21,22). The van der Waals surface area contributed by atoms with Gasteiger partial charge < -0.3 is 14.4 Å². The predicted molar refractivity (Wildman–Crippen MR) is 102 cm³/mol. The minimum atomic E-state index is 0.0629. The van der Waals surface area contributed by atoms with Crippen molar-refractivity contribution in [1.82, 2.24) is 20.1 Å². The van der Waals surface area contributed by atoms with E-state index in [1.807, 2.05) is 17.9 Å². The lowest BCUT2D eigenvalue weighted by Crippen LogP contribution is -2.47. The first-order valence-corrected chi connectivity index (χ1v) is 10.2. The molecule has 7 nitrogen and oxygen atoms in total. The van der Waals surface area contributed by atoms with Crippen LogP contribution in [-0.2, 0) is 11.2 Å². The summed E-state index contributed by atoms with van der Waals surface area (Å²) < 4.78 is 10.9. The number of likely N-dealkylation sites (tertiary alicyclic amines) is 1. The van der Waals surface area contributed by atoms with Crippen molar-refractivity contribution >= 4 is 17.7 Å². The number of carbonyl (C=O) groups is 1. The van der Waals surface area contributed by atoms with E-state index in [1.165, 1.54) is 5.56 Å². The van der Waals surface area contributed by atoms with Crippen LogP contribution in [0.5, 0.6) is 11.5 Å². The fourth-order valence-electron chi connectivity index (χ4n) is 3.72. The molecular weight excluding hydrogens is 364 g/mol. The van der Waals surface area contributed by atoms with Gasteiger partial charge in [-0.3, -0.25) is 9.89 Å². The predicted octanol–water partition coefficient (Wildman–Crippen LogP) is 2.81. The Hall–Kier alpha value is -2.22. The Morgan fingerprint density at radius 1 is 1.33 bits per heavy atom. The van der Waals surface area contributed by atoms with Crippen LogP contribution in [0.15, 0.2) is 23.4 Å². The number of aromatic amines is 1. The molecule has 2 aliphatic heterocycles. The zero-order valence-electron chi connectivity index (χ0n) is 15.7. The molecule has 0 radical (unpaired) electrons. The minimum Gasteiger partial charge on any atom is -0.454 e. The summed E-state index contributed by atoms with van der Waals surface area (Å²) in [6.45, 7) is 5.93. The molecular formula is C19H24N4O3S. The zero-order valence-corrected chi connectivity index (χ0v) is 16.5. The summed E-state index contributed by atoms with van der Waals surface area (Å²) in [7, 11) is 0. The summed E-state index contributed by atoms with van der Waals surface area (Å²) in [6.07, 6.45) is 2.43. The molecule has 1 N–H and O–H groups in total. The molecule has 4 rings (SSSR count). The molecule has 1 amide bonds. The number of aromatic nitrogens is 3. The Balaban J connectivity index is 1.36. The summed E-state index contributed by atoms with van der Waals surface area (Å²) in [6, 6.07) is 6.14. The van der Waals surface area contributed by atoms with Crippen molar-refractivity contribution < 1.29 is 14.3 Å². The van der Waals surface area contributed by atoms with Gasteiger partial charge in [0.05, 0.1) is 0 Å². The first-order chi connectivity index (χ1) is 13.0. The molecule has 1 atom stereocenters. The summed E-state index contributed by atoms with van der Waals surface area (Å²) in [5.74, 6) is 3.47. The first-order valence-electron chi connectivity index (χ1n) is 9.19. The number of rotatable bonds is 6. The van der Waals surface area contributed by atoms with E-state index in [2.05, 4.69) is 34.2 Å². The molecule has 1 aromatic carbocycles. The van der Waals surface area contributed by atoms with E-state index >= 15 is 0 Å². The largest absolute Gasteiger partial charge is 0.454 e. The lowest BCUT2D eigenvalue weighted by atomic mass is 9.76. The van der Waals surface area contributed by atoms with E-state index in [1.54, 1.807) is 11.8 Å². The highest BCUT2D eigenvalue weighted by Crippen LogP contribution is 2.38. The van der Waals surface area contributed by atoms with Crippen LogP contribution < -0.4 is 9.47 Å². The highest BCUT2D eigenvalue weighted by Gasteiger charge is 2.35. The number of amides is 1. The average Bonchev–Trinajstić information content (AvgIpc) is 3.26. The van der Waals surface area contributed by atoms with Crippen LogP contribution >= 0.6 is 11.8 Å². The van der Waals surface area contributed by atoms with Gasteiger partial charge in [0.25, 0.3) is 0 Å². The Kier molecular flexibility index (Phi) is 4.99. The van der Waals surface area contributed by atoms with Gasteiger partial charge in [-0.15, -0.1) is 5.10 Å². The number of ether oxygens (including phenoxy) is 2. The molecule has 0 aliphatic carbocycles. The fourth-order valence-corrected chi connectivity index (χ4v) is 4.53. The Bertz CT molecular complexity index is 840. The van der Waals surface area contributed by atoms with E-state index in [-0.39, 0.29) is 11.3 Å². The third-order valence-electron chi connectivity index (χ3n) is 5.10. The van der Waals surface area contributed by atoms with Gasteiger partial charge in [0.2, 0.25) is 17.9 Å². The van der Waals surface area contributed by atoms with Crippen LogP contribution in [0.25, 0.3) is 0 Å². The maximum Gasteiger partial charge on any atom is 0.231 e. The zero-order chi connectivity index (χ0) is 18.9. The number of nitrogens with zero attached hydrogens (tertiary/aromatic N) is 3. The number of H-pyrrole nitrogens is 1. The second-order valence-corrected chi connectivity index (χ2v) is 8.60. The van der Waals surface area contributed by atoms with Crippen molar-refractivity contribution in [2.75, 3.05) is 25.6 Å². The Morgan fingerprint density at radius 3 is 3.00 bits per heavy atom. The van der Waals surface area contributed by atoms with Crippen molar-refractivity contribution in [3.8, 4) is 11.5 Å². The lowest BCUT2D eigenvalue weighted by Gasteiger charge is -2.40. The van der Waals surface area contributed by atoms with Crippen LogP contribution in [0, 0.1) is 12.3 Å². The van der Waals surface area contributed by atoms with Gasteiger partial charge in [-0.2, -0.15) is 0 Å². The minimum absolute atomic E-state index is 0.0629. The van der Waals surface area contributed by atoms with E-state index in [0.29, 0.717) is 19.8 Å². The molecule has 1 aromatic heterocycles. The number of hydrogen-bond acceptors (Lipinski definition) is 6. The highest BCUT2D eigenvalue weighted by molar-refractivity contribution is 7.99. The van der Waals surface area contributed by atoms with Gasteiger partial charge in [0.1, 0.15) is 5.82 Å². The van der Waals surface area contributed by atoms with Crippen molar-refractivity contribution in [3.63, 3.8) is 0 Å². The van der Waals surface area contributed by atoms with Gasteiger partial charge in [0, 0.05) is 25.3 Å². The van der Waals surface area contributed by atoms with Gasteiger partial charge in [0.15, 0.2) is 11.5 Å². The number of fused-ring (bicyclic) bond motifs is 1. The molecule has 2 aliphatic rings. The smallest absolute Gasteiger partial charge is 0.231 e. The van der Waals surface area contributed by atoms with E-state index < -0.39 is 0 Å². The number of nitrogens with one attached hydrogen (secondary N) is 1. The van der Waals surface area contributed by atoms with Gasteiger partial charge >= 0.3 is 0 Å². The normalized spacial score (nSPS) is 21.7. The van der Waals surface area contributed by atoms with Gasteiger partial charge in [-0.25, -0.2) is 4.98 Å². The number of thioether (sulfide) groups is 1. The molecule has 1 unspecified atom stereocenters. The quantitative estimate of drug-likeness (QED) is 0.767. The fraction of sp³-hybridized carbons (Fsp3) is 0.526. The average molecular weight is 388 g/mol. The van der Waals surface area contributed by atoms with Crippen LogP contribution in [0.4, 0.5) is 0 Å². The molecule has 27 heavy (non-hydrogen) atoms. The van der Waals surface area contributed by atoms with Crippen molar-refractivity contribution in [3.05, 3.63) is 29.6 Å². The topological polar surface area (TPSA) is 80.3 Å². The molecule has 0 spiro atoms. The number of hydrogen-bond donors (Lipinski definition) is 1. The maximum atomic E-state index is 12.4. The third-order valence-corrected chi connectivity index (χ3v) is 5.93. The first kappa shape index (κ1) is 18.2. The molecule has 0 saturated carbocycles. The molecule has 0 bridgehead atoms. The molecule has 144 valence electrons. The van der Waals surface area contributed by atoms with Gasteiger partial charge in [-0.1, -0.05) is 24.8 Å². The van der Waals surface area contributed by atoms with E-state index in [0.717, 1.165) is 47.6 Å². The van der Waals surface area contributed by atoms with Crippen molar-refractivity contribution in [2.45, 2.75) is 38.3 Å². The Labute approximate surface area is 162 Å². The summed E-state index contributed by atoms with van der Waals surface area (Å²) in [5, 5.41) is 7.71. The maximum absolute atomic E-state index is 12.4. The summed E-state index contributed by atoms with van der Waals surface area (Å²) in [5.41, 5.74) is 1.29. The van der Waals surface area contributed by atoms with Gasteiger partial charge in [-0.05, 0) is 42.9 Å². The van der Waals surface area contributed by atoms with Crippen LogP contribution in [0.2, 0.25) is 0 Å². The molecule has 1 fully saturated rings. The van der Waals surface area contributed by atoms with Crippen LogP contribution in [0.3, 0.4) is 0 Å². The van der Waals surface area contributed by atoms with Crippen LogP contribution in [-0.4, -0.2) is 51.6 Å². The Morgan fingerprint density at radius 2 is 2.19 bits per heavy atom. The monoisotopic (exact) mass is 388 g/mol. The van der Waals surface area contributed by atoms with Crippen molar-refractivity contribution in [1.29, 1.82) is 0 Å². The third kappa shape index (κ3) is 4.21. The highest BCUT2D eigenvalue weighted by atomic mass is 32.2. The van der Waals surface area contributed by atoms with Crippen LogP contribution in [0.1, 0.15) is 31.2 Å². The summed E-state index contributed by atoms with van der Waals surface area (Å²) >= 11 is 1.58. The summed E-state index contributed by atoms with van der Waals surface area (Å²) in [4.78, 5) is 18.7.